The first-order chi connectivity index (χ1) is 8.49. The predicted octanol–water partition coefficient (Wildman–Crippen LogP) is 2.15. The Balaban J connectivity index is 2.19. The molecule has 2 unspecified atom stereocenters. The highest BCUT2D eigenvalue weighted by atomic mass is 16.3. The van der Waals surface area contributed by atoms with E-state index in [1.807, 2.05) is 39.0 Å². The van der Waals surface area contributed by atoms with Crippen LogP contribution < -0.4 is 0 Å². The Morgan fingerprint density at radius 2 is 2.11 bits per heavy atom. The van der Waals surface area contributed by atoms with E-state index in [2.05, 4.69) is 0 Å². The summed E-state index contributed by atoms with van der Waals surface area (Å²) in [5.74, 6) is 0.329. The van der Waals surface area contributed by atoms with Gasteiger partial charge >= 0.3 is 0 Å². The van der Waals surface area contributed by atoms with E-state index in [1.165, 1.54) is 0 Å². The Kier molecular flexibility index (Phi) is 3.71. The van der Waals surface area contributed by atoms with Crippen molar-refractivity contribution in [3.63, 3.8) is 0 Å². The lowest BCUT2D eigenvalue weighted by Crippen LogP contribution is -2.46. The first kappa shape index (κ1) is 13.1. The van der Waals surface area contributed by atoms with Crippen LogP contribution in [0, 0.1) is 19.8 Å². The Hall–Kier alpha value is -1.35. The molecule has 1 fully saturated rings. The van der Waals surface area contributed by atoms with Crippen molar-refractivity contribution in [2.45, 2.75) is 33.3 Å². The molecule has 1 saturated heterocycles. The minimum atomic E-state index is -0.396. The SMILES string of the molecule is Cc1ccc(C)c(C(=O)N2CCC(C)C(O)C2)c1. The minimum absolute atomic E-state index is 0.0437. The molecule has 0 radical (unpaired) electrons. The van der Waals surface area contributed by atoms with Gasteiger partial charge in [-0.15, -0.1) is 0 Å². The smallest absolute Gasteiger partial charge is 0.254 e. The van der Waals surface area contributed by atoms with Gasteiger partial charge in [0.25, 0.3) is 5.91 Å². The molecular formula is C15H21NO2. The summed E-state index contributed by atoms with van der Waals surface area (Å²) in [5, 5.41) is 9.87. The summed E-state index contributed by atoms with van der Waals surface area (Å²) in [6.07, 6.45) is 0.477. The molecule has 0 saturated carbocycles. The van der Waals surface area contributed by atoms with E-state index in [4.69, 9.17) is 0 Å². The van der Waals surface area contributed by atoms with E-state index in [9.17, 15) is 9.90 Å². The van der Waals surface area contributed by atoms with Crippen LogP contribution in [0.4, 0.5) is 0 Å². The highest BCUT2D eigenvalue weighted by Gasteiger charge is 2.28. The third-order valence-corrected chi connectivity index (χ3v) is 3.83. The van der Waals surface area contributed by atoms with Crippen molar-refractivity contribution in [1.29, 1.82) is 0 Å². The van der Waals surface area contributed by atoms with Crippen molar-refractivity contribution < 1.29 is 9.90 Å². The number of rotatable bonds is 1. The molecular weight excluding hydrogens is 226 g/mol. The van der Waals surface area contributed by atoms with Crippen LogP contribution in [0.2, 0.25) is 0 Å². The third kappa shape index (κ3) is 2.56. The van der Waals surface area contributed by atoms with E-state index in [1.54, 1.807) is 4.90 Å². The van der Waals surface area contributed by atoms with Crippen LogP contribution in [-0.4, -0.2) is 35.1 Å². The summed E-state index contributed by atoms with van der Waals surface area (Å²) in [7, 11) is 0. The second kappa shape index (κ2) is 5.11. The van der Waals surface area contributed by atoms with Gasteiger partial charge in [-0.25, -0.2) is 0 Å². The minimum Gasteiger partial charge on any atom is -0.391 e. The normalized spacial score (nSPS) is 24.1. The van der Waals surface area contributed by atoms with Gasteiger partial charge in [0, 0.05) is 18.7 Å². The number of carbonyl (C=O) groups is 1. The predicted molar refractivity (Wildman–Crippen MR) is 71.6 cm³/mol. The Morgan fingerprint density at radius 1 is 1.39 bits per heavy atom. The lowest BCUT2D eigenvalue weighted by Gasteiger charge is -2.34. The molecule has 3 nitrogen and oxygen atoms in total. The summed E-state index contributed by atoms with van der Waals surface area (Å²) in [4.78, 5) is 14.2. The molecule has 0 aliphatic carbocycles. The second-order valence-corrected chi connectivity index (χ2v) is 5.40. The van der Waals surface area contributed by atoms with Crippen LogP contribution >= 0.6 is 0 Å². The topological polar surface area (TPSA) is 40.5 Å². The number of aliphatic hydroxyl groups is 1. The maximum absolute atomic E-state index is 12.4. The summed E-state index contributed by atoms with van der Waals surface area (Å²) >= 11 is 0. The molecule has 1 aliphatic heterocycles. The van der Waals surface area contributed by atoms with Gasteiger partial charge < -0.3 is 10.0 Å². The molecule has 1 N–H and O–H groups in total. The molecule has 1 amide bonds. The maximum atomic E-state index is 12.4. The van der Waals surface area contributed by atoms with E-state index in [0.717, 1.165) is 29.7 Å². The number of nitrogens with zero attached hydrogens (tertiary/aromatic N) is 1. The van der Waals surface area contributed by atoms with E-state index in [-0.39, 0.29) is 11.8 Å². The van der Waals surface area contributed by atoms with Crippen molar-refractivity contribution in [1.82, 2.24) is 4.90 Å². The Morgan fingerprint density at radius 3 is 2.78 bits per heavy atom. The van der Waals surface area contributed by atoms with Crippen LogP contribution in [0.25, 0.3) is 0 Å². The van der Waals surface area contributed by atoms with Gasteiger partial charge in [0.2, 0.25) is 0 Å². The molecule has 0 spiro atoms. The average molecular weight is 247 g/mol. The molecule has 1 aromatic rings. The van der Waals surface area contributed by atoms with Gasteiger partial charge in [-0.1, -0.05) is 24.6 Å². The first-order valence-electron chi connectivity index (χ1n) is 6.53. The van der Waals surface area contributed by atoms with Crippen molar-refractivity contribution in [2.75, 3.05) is 13.1 Å². The van der Waals surface area contributed by atoms with Gasteiger partial charge in [-0.3, -0.25) is 4.79 Å². The van der Waals surface area contributed by atoms with Crippen molar-refractivity contribution in [3.05, 3.63) is 34.9 Å². The zero-order valence-electron chi connectivity index (χ0n) is 11.3. The number of aliphatic hydroxyl groups excluding tert-OH is 1. The van der Waals surface area contributed by atoms with Gasteiger partial charge in [-0.2, -0.15) is 0 Å². The van der Waals surface area contributed by atoms with Gasteiger partial charge in [0.1, 0.15) is 0 Å². The van der Waals surface area contributed by atoms with E-state index >= 15 is 0 Å². The molecule has 2 atom stereocenters. The highest BCUT2D eigenvalue weighted by molar-refractivity contribution is 5.95. The number of benzene rings is 1. The van der Waals surface area contributed by atoms with Gasteiger partial charge in [-0.05, 0) is 37.8 Å². The summed E-state index contributed by atoms with van der Waals surface area (Å²) < 4.78 is 0. The monoisotopic (exact) mass is 247 g/mol. The summed E-state index contributed by atoms with van der Waals surface area (Å²) in [5.41, 5.74) is 2.85. The summed E-state index contributed by atoms with van der Waals surface area (Å²) in [6.45, 7) is 7.17. The largest absolute Gasteiger partial charge is 0.391 e. The first-order valence-corrected chi connectivity index (χ1v) is 6.53. The number of hydrogen-bond donors (Lipinski definition) is 1. The van der Waals surface area contributed by atoms with Crippen LogP contribution in [0.5, 0.6) is 0 Å². The van der Waals surface area contributed by atoms with Crippen LogP contribution in [0.15, 0.2) is 18.2 Å². The molecule has 0 bridgehead atoms. The fraction of sp³-hybridized carbons (Fsp3) is 0.533. The number of carbonyl (C=O) groups excluding carboxylic acids is 1. The quantitative estimate of drug-likeness (QED) is 0.826. The number of hydrogen-bond acceptors (Lipinski definition) is 2. The van der Waals surface area contributed by atoms with Crippen molar-refractivity contribution >= 4 is 5.91 Å². The van der Waals surface area contributed by atoms with Crippen molar-refractivity contribution in [2.24, 2.45) is 5.92 Å². The number of aryl methyl sites for hydroxylation is 2. The molecule has 3 heteroatoms. The van der Waals surface area contributed by atoms with E-state index in [0.29, 0.717) is 6.54 Å². The third-order valence-electron chi connectivity index (χ3n) is 3.83. The molecule has 1 aliphatic rings. The maximum Gasteiger partial charge on any atom is 0.254 e. The number of β-amino-alcohol motifs (C(OH)–C–C–N with tert-alkyl or cyclic N) is 1. The summed E-state index contributed by atoms with van der Waals surface area (Å²) in [6, 6.07) is 5.92. The molecule has 1 heterocycles. The zero-order valence-corrected chi connectivity index (χ0v) is 11.3. The number of amides is 1. The van der Waals surface area contributed by atoms with Crippen LogP contribution in [-0.2, 0) is 0 Å². The zero-order chi connectivity index (χ0) is 13.3. The lowest BCUT2D eigenvalue weighted by atomic mass is 9.95. The van der Waals surface area contributed by atoms with Crippen LogP contribution in [0.1, 0.15) is 34.8 Å². The molecule has 98 valence electrons. The highest BCUT2D eigenvalue weighted by Crippen LogP contribution is 2.20. The fourth-order valence-corrected chi connectivity index (χ4v) is 2.37. The van der Waals surface area contributed by atoms with Gasteiger partial charge in [0.05, 0.1) is 6.10 Å². The average Bonchev–Trinajstić information content (AvgIpc) is 2.35. The van der Waals surface area contributed by atoms with Crippen LogP contribution in [0.3, 0.4) is 0 Å². The van der Waals surface area contributed by atoms with Gasteiger partial charge in [0.15, 0.2) is 0 Å². The lowest BCUT2D eigenvalue weighted by molar-refractivity contribution is 0.0248. The van der Waals surface area contributed by atoms with E-state index < -0.39 is 6.10 Å². The molecule has 2 rings (SSSR count). The second-order valence-electron chi connectivity index (χ2n) is 5.40. The Labute approximate surface area is 108 Å². The van der Waals surface area contributed by atoms with Crippen molar-refractivity contribution in [3.8, 4) is 0 Å². The molecule has 18 heavy (non-hydrogen) atoms. The number of likely N-dealkylation sites (tertiary alicyclic amines) is 1. The fourth-order valence-electron chi connectivity index (χ4n) is 2.37. The molecule has 1 aromatic carbocycles. The number of piperidine rings is 1. The molecule has 0 aromatic heterocycles. The Bertz CT molecular complexity index is 456. The standard InChI is InChI=1S/C15H21NO2/c1-10-4-5-11(2)13(8-10)15(18)16-7-6-12(3)14(17)9-16/h4-5,8,12,14,17H,6-7,9H2,1-3H3.